The summed E-state index contributed by atoms with van der Waals surface area (Å²) in [5, 5.41) is 0. The summed E-state index contributed by atoms with van der Waals surface area (Å²) in [7, 11) is 0. The number of halogens is 3. The molecule has 0 atom stereocenters. The molecule has 0 aromatic rings. The maximum atomic E-state index is 12.2. The van der Waals surface area contributed by atoms with Crippen molar-refractivity contribution in [2.75, 3.05) is 19.0 Å². The number of unbranched alkanes of at least 4 members (excludes halogenated alkanes) is 3. The predicted molar refractivity (Wildman–Crippen MR) is 62.1 cm³/mol. The Bertz CT molecular complexity index is 191. The summed E-state index contributed by atoms with van der Waals surface area (Å²) >= 11 is 5.47. The third-order valence-corrected chi connectivity index (χ3v) is 2.48. The number of amides is 1. The van der Waals surface area contributed by atoms with Crippen LogP contribution in [0.4, 0.5) is 8.78 Å². The first kappa shape index (κ1) is 15.6. The summed E-state index contributed by atoms with van der Waals surface area (Å²) in [6.45, 7) is 1.79. The van der Waals surface area contributed by atoms with Crippen LogP contribution in [0.15, 0.2) is 0 Å². The zero-order valence-electron chi connectivity index (χ0n) is 9.72. The van der Waals surface area contributed by atoms with Gasteiger partial charge in [-0.25, -0.2) is 8.78 Å². The lowest BCUT2D eigenvalue weighted by molar-refractivity contribution is -0.133. The van der Waals surface area contributed by atoms with Gasteiger partial charge in [0.1, 0.15) is 0 Å². The van der Waals surface area contributed by atoms with Crippen LogP contribution in [0.3, 0.4) is 0 Å². The van der Waals surface area contributed by atoms with Crippen LogP contribution < -0.4 is 0 Å². The largest absolute Gasteiger partial charge is 0.336 e. The third-order valence-electron chi connectivity index (χ3n) is 2.31. The zero-order valence-corrected chi connectivity index (χ0v) is 10.5. The molecule has 0 aliphatic carbocycles. The van der Waals surface area contributed by atoms with Gasteiger partial charge in [-0.1, -0.05) is 26.2 Å². The normalized spacial score (nSPS) is 10.8. The van der Waals surface area contributed by atoms with Crippen LogP contribution >= 0.6 is 11.6 Å². The fourth-order valence-corrected chi connectivity index (χ4v) is 1.65. The summed E-state index contributed by atoms with van der Waals surface area (Å²) in [5.74, 6) is -0.00926. The molecule has 0 aliphatic rings. The highest BCUT2D eigenvalue weighted by Crippen LogP contribution is 2.07. The number of alkyl halides is 3. The Labute approximate surface area is 101 Å². The molecule has 0 saturated heterocycles. The van der Waals surface area contributed by atoms with Crippen LogP contribution in [-0.2, 0) is 4.79 Å². The van der Waals surface area contributed by atoms with E-state index in [2.05, 4.69) is 6.92 Å². The Hall–Kier alpha value is -0.380. The van der Waals surface area contributed by atoms with Gasteiger partial charge in [-0.2, -0.15) is 0 Å². The average Bonchev–Trinajstić information content (AvgIpc) is 2.23. The summed E-state index contributed by atoms with van der Waals surface area (Å²) in [5.41, 5.74) is 0. The van der Waals surface area contributed by atoms with Gasteiger partial charge in [0.05, 0.1) is 6.54 Å². The van der Waals surface area contributed by atoms with Crippen molar-refractivity contribution in [1.29, 1.82) is 0 Å². The second kappa shape index (κ2) is 9.82. The lowest BCUT2D eigenvalue weighted by atomic mass is 10.1. The Morgan fingerprint density at radius 3 is 2.50 bits per heavy atom. The molecule has 0 fully saturated rings. The first-order chi connectivity index (χ1) is 7.61. The van der Waals surface area contributed by atoms with Gasteiger partial charge in [-0.15, -0.1) is 11.6 Å². The summed E-state index contributed by atoms with van der Waals surface area (Å²) in [4.78, 5) is 12.7. The molecule has 0 unspecified atom stereocenters. The summed E-state index contributed by atoms with van der Waals surface area (Å²) in [6.07, 6.45) is 1.79. The van der Waals surface area contributed by atoms with Gasteiger partial charge in [0, 0.05) is 18.8 Å². The fourth-order valence-electron chi connectivity index (χ4n) is 1.45. The molecule has 0 rings (SSSR count). The Morgan fingerprint density at radius 1 is 1.31 bits per heavy atom. The first-order valence-corrected chi connectivity index (χ1v) is 6.27. The topological polar surface area (TPSA) is 20.3 Å². The number of hydrogen-bond donors (Lipinski definition) is 0. The van der Waals surface area contributed by atoms with E-state index in [9.17, 15) is 13.6 Å². The molecule has 0 aliphatic heterocycles. The molecule has 2 nitrogen and oxygen atoms in total. The zero-order chi connectivity index (χ0) is 12.4. The van der Waals surface area contributed by atoms with Gasteiger partial charge in [0.25, 0.3) is 6.43 Å². The van der Waals surface area contributed by atoms with Gasteiger partial charge in [-0.05, 0) is 6.42 Å². The van der Waals surface area contributed by atoms with Gasteiger partial charge in [0.2, 0.25) is 5.91 Å². The van der Waals surface area contributed by atoms with Crippen molar-refractivity contribution < 1.29 is 13.6 Å². The number of rotatable bonds is 9. The van der Waals surface area contributed by atoms with E-state index < -0.39 is 13.0 Å². The van der Waals surface area contributed by atoms with Crippen molar-refractivity contribution in [3.63, 3.8) is 0 Å². The van der Waals surface area contributed by atoms with E-state index in [4.69, 9.17) is 11.6 Å². The first-order valence-electron chi connectivity index (χ1n) is 5.73. The van der Waals surface area contributed by atoms with Crippen molar-refractivity contribution in [3.05, 3.63) is 0 Å². The van der Waals surface area contributed by atoms with Gasteiger partial charge < -0.3 is 4.90 Å². The van der Waals surface area contributed by atoms with Gasteiger partial charge >= 0.3 is 0 Å². The maximum absolute atomic E-state index is 12.2. The van der Waals surface area contributed by atoms with Crippen molar-refractivity contribution >= 4 is 17.5 Å². The number of carbonyl (C=O) groups excluding carboxylic acids is 1. The third kappa shape index (κ3) is 7.85. The van der Waals surface area contributed by atoms with Gasteiger partial charge in [0.15, 0.2) is 0 Å². The molecule has 0 heterocycles. The molecule has 1 amide bonds. The molecule has 0 radical (unpaired) electrons. The highest BCUT2D eigenvalue weighted by atomic mass is 35.5. The maximum Gasteiger partial charge on any atom is 0.255 e. The van der Waals surface area contributed by atoms with Crippen LogP contribution in [0.1, 0.15) is 39.0 Å². The molecule has 0 spiro atoms. The number of carbonyl (C=O) groups is 1. The van der Waals surface area contributed by atoms with Crippen LogP contribution in [0, 0.1) is 0 Å². The lowest BCUT2D eigenvalue weighted by Gasteiger charge is -2.21. The van der Waals surface area contributed by atoms with E-state index in [-0.39, 0.29) is 18.3 Å². The van der Waals surface area contributed by atoms with Gasteiger partial charge in [-0.3, -0.25) is 4.79 Å². The van der Waals surface area contributed by atoms with E-state index in [1.54, 1.807) is 0 Å². The minimum Gasteiger partial charge on any atom is -0.336 e. The number of nitrogens with zero attached hydrogens (tertiary/aromatic N) is 1. The molecule has 0 aromatic carbocycles. The monoisotopic (exact) mass is 255 g/mol. The van der Waals surface area contributed by atoms with Crippen LogP contribution in [0.25, 0.3) is 0 Å². The molecule has 0 bridgehead atoms. The Kier molecular flexibility index (Phi) is 9.59. The van der Waals surface area contributed by atoms with E-state index >= 15 is 0 Å². The summed E-state index contributed by atoms with van der Waals surface area (Å²) < 4.78 is 24.3. The van der Waals surface area contributed by atoms with Crippen molar-refractivity contribution in [2.24, 2.45) is 0 Å². The molecule has 0 aromatic heterocycles. The van der Waals surface area contributed by atoms with Crippen molar-refractivity contribution in [1.82, 2.24) is 4.90 Å². The molecule has 5 heteroatoms. The predicted octanol–water partition coefficient (Wildman–Crippen LogP) is 3.29. The molecular formula is C11H20ClF2NO. The minimum atomic E-state index is -2.48. The molecule has 0 saturated carbocycles. The standard InChI is InChI=1S/C11H20ClF2NO/c1-2-3-4-5-6-11(16)15(8-7-12)9-10(13)14/h10H,2-9H2,1H3. The van der Waals surface area contributed by atoms with Crippen molar-refractivity contribution in [2.45, 2.75) is 45.5 Å². The molecular weight excluding hydrogens is 236 g/mol. The SMILES string of the molecule is CCCCCCC(=O)N(CCCl)CC(F)F. The van der Waals surface area contributed by atoms with Crippen LogP contribution in [0.2, 0.25) is 0 Å². The second-order valence-corrected chi connectivity index (χ2v) is 4.11. The van der Waals surface area contributed by atoms with E-state index in [1.165, 1.54) is 0 Å². The molecule has 16 heavy (non-hydrogen) atoms. The van der Waals surface area contributed by atoms with E-state index in [0.29, 0.717) is 6.42 Å². The van der Waals surface area contributed by atoms with E-state index in [1.807, 2.05) is 0 Å². The average molecular weight is 256 g/mol. The second-order valence-electron chi connectivity index (χ2n) is 3.73. The molecule has 96 valence electrons. The Morgan fingerprint density at radius 2 is 2.00 bits per heavy atom. The van der Waals surface area contributed by atoms with Crippen molar-refractivity contribution in [3.8, 4) is 0 Å². The van der Waals surface area contributed by atoms with Crippen LogP contribution in [0.5, 0.6) is 0 Å². The van der Waals surface area contributed by atoms with E-state index in [0.717, 1.165) is 30.6 Å². The van der Waals surface area contributed by atoms with Crippen LogP contribution in [-0.4, -0.2) is 36.2 Å². The number of hydrogen-bond acceptors (Lipinski definition) is 1. The molecule has 0 N–H and O–H groups in total. The highest BCUT2D eigenvalue weighted by molar-refractivity contribution is 6.18. The lowest BCUT2D eigenvalue weighted by Crippen LogP contribution is -2.36. The smallest absolute Gasteiger partial charge is 0.255 e. The summed E-state index contributed by atoms with van der Waals surface area (Å²) in [6, 6.07) is 0. The Balaban J connectivity index is 3.87. The fraction of sp³-hybridized carbons (Fsp3) is 0.909. The minimum absolute atomic E-state index is 0.202. The highest BCUT2D eigenvalue weighted by Gasteiger charge is 2.16. The quantitative estimate of drug-likeness (QED) is 0.457.